The minimum absolute atomic E-state index is 0.143. The summed E-state index contributed by atoms with van der Waals surface area (Å²) < 4.78 is 0. The van der Waals surface area contributed by atoms with Crippen LogP contribution in [0.15, 0.2) is 11.2 Å². The van der Waals surface area contributed by atoms with E-state index in [-0.39, 0.29) is 5.84 Å². The van der Waals surface area contributed by atoms with E-state index in [2.05, 4.69) is 15.0 Å². The number of rotatable bonds is 2. The lowest BCUT2D eigenvalue weighted by atomic mass is 10.1. The molecule has 104 valence electrons. The molecule has 2 heterocycles. The van der Waals surface area contributed by atoms with Gasteiger partial charge in [-0.15, -0.1) is 0 Å². The molecule has 1 aromatic rings. The van der Waals surface area contributed by atoms with E-state index in [4.69, 9.17) is 10.9 Å². The fourth-order valence-corrected chi connectivity index (χ4v) is 2.69. The molecular formula is C14H22N4O. The molecule has 1 saturated heterocycles. The molecule has 5 nitrogen and oxygen atoms in total. The van der Waals surface area contributed by atoms with Gasteiger partial charge in [0.25, 0.3) is 0 Å². The number of hydrogen-bond donors (Lipinski definition) is 2. The first kappa shape index (κ1) is 13.6. The van der Waals surface area contributed by atoms with Gasteiger partial charge in [0.15, 0.2) is 5.84 Å². The second-order valence-corrected chi connectivity index (χ2v) is 5.17. The molecule has 0 amide bonds. The van der Waals surface area contributed by atoms with E-state index in [0.717, 1.165) is 35.7 Å². The quantitative estimate of drug-likeness (QED) is 0.371. The van der Waals surface area contributed by atoms with Crippen molar-refractivity contribution in [3.63, 3.8) is 0 Å². The van der Waals surface area contributed by atoms with Crippen LogP contribution < -0.4 is 10.6 Å². The zero-order valence-electron chi connectivity index (χ0n) is 11.7. The van der Waals surface area contributed by atoms with Crippen molar-refractivity contribution in [1.29, 1.82) is 0 Å². The van der Waals surface area contributed by atoms with E-state index in [0.29, 0.717) is 0 Å². The van der Waals surface area contributed by atoms with Crippen LogP contribution in [0.25, 0.3) is 0 Å². The summed E-state index contributed by atoms with van der Waals surface area (Å²) in [7, 11) is 0. The van der Waals surface area contributed by atoms with Gasteiger partial charge >= 0.3 is 0 Å². The molecule has 0 spiro atoms. The first-order valence-electron chi connectivity index (χ1n) is 6.84. The van der Waals surface area contributed by atoms with Crippen molar-refractivity contribution < 1.29 is 5.21 Å². The molecule has 0 radical (unpaired) electrons. The van der Waals surface area contributed by atoms with E-state index >= 15 is 0 Å². The van der Waals surface area contributed by atoms with Crippen LogP contribution in [-0.2, 0) is 0 Å². The average Bonchev–Trinajstić information content (AvgIpc) is 2.65. The van der Waals surface area contributed by atoms with Gasteiger partial charge < -0.3 is 15.8 Å². The molecule has 1 fully saturated rings. The minimum atomic E-state index is 0.143. The number of oxime groups is 1. The van der Waals surface area contributed by atoms with Crippen molar-refractivity contribution in [2.45, 2.75) is 39.5 Å². The number of anilines is 1. The highest BCUT2D eigenvalue weighted by Gasteiger charge is 2.19. The Labute approximate surface area is 114 Å². The number of pyridine rings is 1. The number of aryl methyl sites for hydroxylation is 2. The highest BCUT2D eigenvalue weighted by molar-refractivity contribution is 6.02. The Balaban J connectivity index is 2.47. The minimum Gasteiger partial charge on any atom is -0.409 e. The largest absolute Gasteiger partial charge is 0.409 e. The first-order chi connectivity index (χ1) is 9.13. The van der Waals surface area contributed by atoms with Gasteiger partial charge in [-0.25, -0.2) is 4.98 Å². The van der Waals surface area contributed by atoms with Crippen molar-refractivity contribution in [2.75, 3.05) is 18.0 Å². The van der Waals surface area contributed by atoms with Crippen molar-refractivity contribution in [3.8, 4) is 0 Å². The van der Waals surface area contributed by atoms with Crippen molar-refractivity contribution in [2.24, 2.45) is 10.9 Å². The second-order valence-electron chi connectivity index (χ2n) is 5.17. The monoisotopic (exact) mass is 262 g/mol. The fourth-order valence-electron chi connectivity index (χ4n) is 2.69. The molecular weight excluding hydrogens is 240 g/mol. The van der Waals surface area contributed by atoms with Gasteiger partial charge in [0.1, 0.15) is 5.82 Å². The molecule has 5 heteroatoms. The third kappa shape index (κ3) is 2.97. The number of amidine groups is 1. The Morgan fingerprint density at radius 2 is 1.89 bits per heavy atom. The van der Waals surface area contributed by atoms with E-state index in [1.165, 1.54) is 25.7 Å². The molecule has 1 aliphatic rings. The predicted molar refractivity (Wildman–Crippen MR) is 76.9 cm³/mol. The smallest absolute Gasteiger partial charge is 0.174 e. The Bertz CT molecular complexity index is 477. The molecule has 19 heavy (non-hydrogen) atoms. The summed E-state index contributed by atoms with van der Waals surface area (Å²) in [6, 6.07) is 1.97. The van der Waals surface area contributed by atoms with Crippen molar-refractivity contribution in [1.82, 2.24) is 4.98 Å². The number of hydrogen-bond acceptors (Lipinski definition) is 4. The van der Waals surface area contributed by atoms with Gasteiger partial charge in [-0.2, -0.15) is 0 Å². The predicted octanol–water partition coefficient (Wildman–Crippen LogP) is 2.17. The maximum atomic E-state index is 8.98. The second kappa shape index (κ2) is 5.91. The topological polar surface area (TPSA) is 74.7 Å². The molecule has 0 saturated carbocycles. The van der Waals surface area contributed by atoms with Crippen molar-refractivity contribution >= 4 is 11.7 Å². The standard InChI is InChI=1S/C14H22N4O/c1-10-9-11(2)16-14(12(10)13(15)17-19)18-7-5-3-4-6-8-18/h9,19H,3-8H2,1-2H3,(H2,15,17). The lowest BCUT2D eigenvalue weighted by Gasteiger charge is -2.25. The molecule has 0 aromatic carbocycles. The van der Waals surface area contributed by atoms with Gasteiger partial charge in [-0.1, -0.05) is 18.0 Å². The van der Waals surface area contributed by atoms with Gasteiger partial charge in [0.2, 0.25) is 0 Å². The third-order valence-electron chi connectivity index (χ3n) is 3.60. The van der Waals surface area contributed by atoms with Crippen LogP contribution in [0.1, 0.15) is 42.5 Å². The van der Waals surface area contributed by atoms with Gasteiger partial charge in [0.05, 0.1) is 5.56 Å². The summed E-state index contributed by atoms with van der Waals surface area (Å²) in [5, 5.41) is 12.1. The molecule has 1 aliphatic heterocycles. The molecule has 2 rings (SSSR count). The zero-order valence-corrected chi connectivity index (χ0v) is 11.7. The van der Waals surface area contributed by atoms with Crippen molar-refractivity contribution in [3.05, 3.63) is 22.9 Å². The maximum Gasteiger partial charge on any atom is 0.174 e. The van der Waals surface area contributed by atoms with E-state index in [1.807, 2.05) is 19.9 Å². The summed E-state index contributed by atoms with van der Waals surface area (Å²) >= 11 is 0. The van der Waals surface area contributed by atoms with Crippen LogP contribution in [0.4, 0.5) is 5.82 Å². The maximum absolute atomic E-state index is 8.98. The molecule has 3 N–H and O–H groups in total. The lowest BCUT2D eigenvalue weighted by Crippen LogP contribution is -2.29. The van der Waals surface area contributed by atoms with Crippen LogP contribution in [0.3, 0.4) is 0 Å². The Morgan fingerprint density at radius 1 is 1.26 bits per heavy atom. The highest BCUT2D eigenvalue weighted by Crippen LogP contribution is 2.25. The highest BCUT2D eigenvalue weighted by atomic mass is 16.4. The normalized spacial score (nSPS) is 17.4. The summed E-state index contributed by atoms with van der Waals surface area (Å²) in [6.07, 6.45) is 4.87. The zero-order chi connectivity index (χ0) is 13.8. The van der Waals surface area contributed by atoms with Crippen LogP contribution in [0.5, 0.6) is 0 Å². The van der Waals surface area contributed by atoms with Crippen LogP contribution in [0, 0.1) is 13.8 Å². The lowest BCUT2D eigenvalue weighted by molar-refractivity contribution is 0.318. The molecule has 1 aromatic heterocycles. The number of aromatic nitrogens is 1. The van der Waals surface area contributed by atoms with Crippen LogP contribution in [-0.4, -0.2) is 29.1 Å². The molecule has 0 bridgehead atoms. The van der Waals surface area contributed by atoms with E-state index in [1.54, 1.807) is 0 Å². The number of nitrogens with two attached hydrogens (primary N) is 1. The summed E-state index contributed by atoms with van der Waals surface area (Å²) in [5.74, 6) is 0.999. The first-order valence-corrected chi connectivity index (χ1v) is 6.84. The fraction of sp³-hybridized carbons (Fsp3) is 0.571. The number of nitrogens with zero attached hydrogens (tertiary/aromatic N) is 3. The van der Waals surface area contributed by atoms with E-state index < -0.39 is 0 Å². The summed E-state index contributed by atoms with van der Waals surface area (Å²) in [6.45, 7) is 5.93. The van der Waals surface area contributed by atoms with Gasteiger partial charge in [-0.05, 0) is 38.3 Å². The van der Waals surface area contributed by atoms with Crippen LogP contribution >= 0.6 is 0 Å². The third-order valence-corrected chi connectivity index (χ3v) is 3.60. The Hall–Kier alpha value is -1.78. The average molecular weight is 262 g/mol. The van der Waals surface area contributed by atoms with E-state index in [9.17, 15) is 0 Å². The van der Waals surface area contributed by atoms with Gasteiger partial charge in [-0.3, -0.25) is 0 Å². The van der Waals surface area contributed by atoms with Gasteiger partial charge in [0, 0.05) is 18.8 Å². The molecule has 0 unspecified atom stereocenters. The van der Waals surface area contributed by atoms with Crippen LogP contribution in [0.2, 0.25) is 0 Å². The molecule has 0 aliphatic carbocycles. The summed E-state index contributed by atoms with van der Waals surface area (Å²) in [4.78, 5) is 6.89. The SMILES string of the molecule is Cc1cc(C)c(C(N)=NO)c(N2CCCCCC2)n1. The Kier molecular flexibility index (Phi) is 4.24. The Morgan fingerprint density at radius 3 is 2.47 bits per heavy atom. The molecule has 0 atom stereocenters. The summed E-state index contributed by atoms with van der Waals surface area (Å²) in [5.41, 5.74) is 8.55.